The fourth-order valence-corrected chi connectivity index (χ4v) is 0.285. The molecule has 0 heterocycles. The minimum atomic E-state index is -0.931. The largest absolute Gasteiger partial charge is 0.480 e. The van der Waals surface area contributed by atoms with Crippen molar-refractivity contribution in [1.82, 2.24) is 0 Å². The first-order valence-corrected chi connectivity index (χ1v) is 2.54. The Morgan fingerprint density at radius 1 is 1.56 bits per heavy atom. The van der Waals surface area contributed by atoms with Crippen LogP contribution in [0.2, 0.25) is 0 Å². The zero-order valence-electron chi connectivity index (χ0n) is 5.59. The smallest absolute Gasteiger partial charge is 0.320 e. The van der Waals surface area contributed by atoms with Crippen molar-refractivity contribution in [1.29, 1.82) is 0 Å². The van der Waals surface area contributed by atoms with E-state index in [0.717, 1.165) is 0 Å². The Labute approximate surface area is 74.8 Å². The summed E-state index contributed by atoms with van der Waals surface area (Å²) in [6.45, 7) is 3.55. The molecule has 0 unspecified atom stereocenters. The average Bonchev–Trinajstić information content (AvgIpc) is 1.64. The molecule has 4 radical (unpaired) electrons. The van der Waals surface area contributed by atoms with E-state index in [1.807, 2.05) is 0 Å². The molecule has 52 valence electrons. The molecule has 0 aromatic rings. The zero-order valence-corrected chi connectivity index (χ0v) is 9.47. The van der Waals surface area contributed by atoms with Gasteiger partial charge in [-0.15, -0.1) is 0 Å². The first kappa shape index (κ1) is 12.1. The fourth-order valence-electron chi connectivity index (χ4n) is 0.285. The first-order valence-electron chi connectivity index (χ1n) is 2.54. The molecule has 0 aliphatic rings. The Hall–Kier alpha value is 0.352. The van der Waals surface area contributed by atoms with Crippen molar-refractivity contribution in [3.8, 4) is 0 Å². The van der Waals surface area contributed by atoms with E-state index in [1.165, 1.54) is 0 Å². The summed E-state index contributed by atoms with van der Waals surface area (Å²) in [7, 11) is 0. The first-order chi connectivity index (χ1) is 3.55. The summed E-state index contributed by atoms with van der Waals surface area (Å²) < 4.78 is 0. The van der Waals surface area contributed by atoms with Crippen molar-refractivity contribution in [3.63, 3.8) is 0 Å². The van der Waals surface area contributed by atoms with Crippen LogP contribution in [0.25, 0.3) is 0 Å². The Balaban J connectivity index is 0. The number of hydrogen-bond acceptors (Lipinski definition) is 2. The van der Waals surface area contributed by atoms with E-state index in [4.69, 9.17) is 10.8 Å². The van der Waals surface area contributed by atoms with E-state index >= 15 is 0 Å². The van der Waals surface area contributed by atoms with Crippen LogP contribution in [-0.2, 0) is 4.79 Å². The monoisotopic (exact) mass is 325 g/mol. The molecule has 4 heteroatoms. The number of rotatable bonds is 2. The molecule has 3 N–H and O–H groups in total. The number of carboxylic acids is 1. The second kappa shape index (κ2) is 5.16. The number of nitrogens with two attached hydrogens (primary N) is 1. The van der Waals surface area contributed by atoms with Crippen LogP contribution in [0.1, 0.15) is 13.8 Å². The van der Waals surface area contributed by atoms with Crippen LogP contribution in [0.4, 0.5) is 0 Å². The van der Waals surface area contributed by atoms with E-state index in [9.17, 15) is 4.79 Å². The molecule has 0 aliphatic heterocycles. The predicted octanol–water partition coefficient (Wildman–Crippen LogP) is -0.327. The van der Waals surface area contributed by atoms with Crippen molar-refractivity contribution in [2.75, 3.05) is 0 Å². The van der Waals surface area contributed by atoms with Gasteiger partial charge >= 0.3 is 5.97 Å². The third-order valence-electron chi connectivity index (χ3n) is 1.00. The van der Waals surface area contributed by atoms with Gasteiger partial charge in [0.1, 0.15) is 6.04 Å². The van der Waals surface area contributed by atoms with Crippen molar-refractivity contribution in [2.24, 2.45) is 11.7 Å². The third kappa shape index (κ3) is 4.83. The van der Waals surface area contributed by atoms with Crippen molar-refractivity contribution in [3.05, 3.63) is 0 Å². The summed E-state index contributed by atoms with van der Waals surface area (Å²) >= 11 is 0. The molecular weight excluding hydrogens is 313 g/mol. The van der Waals surface area contributed by atoms with Crippen molar-refractivity contribution < 1.29 is 9.90 Å². The van der Waals surface area contributed by atoms with E-state index < -0.39 is 12.0 Å². The molecule has 0 saturated heterocycles. The van der Waals surface area contributed by atoms with E-state index in [2.05, 4.69) is 0 Å². The van der Waals surface area contributed by atoms with Gasteiger partial charge in [0.05, 0.1) is 0 Å². The minimum absolute atomic E-state index is 0. The standard InChI is InChI=1S/C5H11NO2.Pb/c1-3(2)4(6)5(7)8;/h3-4H,6H2,1-2H3,(H,7,8);/t4-;/m0./s1. The normalized spacial score (nSPS) is 12.4. The quantitative estimate of drug-likeness (QED) is 0.684. The molecule has 0 aromatic heterocycles. The maximum Gasteiger partial charge on any atom is 0.320 e. The Morgan fingerprint density at radius 3 is 1.89 bits per heavy atom. The molecule has 0 spiro atoms. The van der Waals surface area contributed by atoms with Crippen LogP contribution in [0.5, 0.6) is 0 Å². The Morgan fingerprint density at radius 2 is 1.89 bits per heavy atom. The van der Waals surface area contributed by atoms with Gasteiger partial charge in [-0.2, -0.15) is 0 Å². The second-order valence-corrected chi connectivity index (χ2v) is 2.11. The minimum Gasteiger partial charge on any atom is -0.480 e. The number of carboxylic acid groups (broad SMARTS) is 1. The van der Waals surface area contributed by atoms with Gasteiger partial charge in [-0.3, -0.25) is 4.79 Å². The molecule has 0 bridgehead atoms. The number of hydrogen-bond donors (Lipinski definition) is 2. The molecule has 1 atom stereocenters. The van der Waals surface area contributed by atoms with Gasteiger partial charge in [0.25, 0.3) is 0 Å². The summed E-state index contributed by atoms with van der Waals surface area (Å²) in [6, 6.07) is -0.713. The van der Waals surface area contributed by atoms with E-state index in [-0.39, 0.29) is 33.2 Å². The molecule has 0 amide bonds. The Kier molecular flexibility index (Phi) is 6.92. The van der Waals surface area contributed by atoms with Crippen LogP contribution >= 0.6 is 0 Å². The van der Waals surface area contributed by atoms with Crippen LogP contribution in [-0.4, -0.2) is 44.4 Å². The van der Waals surface area contributed by atoms with Gasteiger partial charge < -0.3 is 10.8 Å². The van der Waals surface area contributed by atoms with Gasteiger partial charge in [-0.25, -0.2) is 0 Å². The second-order valence-electron chi connectivity index (χ2n) is 2.11. The van der Waals surface area contributed by atoms with Gasteiger partial charge in [0, 0.05) is 27.3 Å². The molecule has 9 heavy (non-hydrogen) atoms. The van der Waals surface area contributed by atoms with Crippen molar-refractivity contribution in [2.45, 2.75) is 19.9 Å². The summed E-state index contributed by atoms with van der Waals surface area (Å²) in [5.41, 5.74) is 5.16. The predicted molar refractivity (Wildman–Crippen MR) is 36.2 cm³/mol. The molecule has 0 saturated carbocycles. The van der Waals surface area contributed by atoms with Crippen molar-refractivity contribution >= 4 is 33.3 Å². The SMILES string of the molecule is CC(C)[C@H](N)C(=O)O.[Pb]. The summed E-state index contributed by atoms with van der Waals surface area (Å²) in [5, 5.41) is 8.23. The summed E-state index contributed by atoms with van der Waals surface area (Å²) in [4.78, 5) is 10.0. The molecule has 0 rings (SSSR count). The zero-order chi connectivity index (χ0) is 6.73. The summed E-state index contributed by atoms with van der Waals surface area (Å²) in [5.74, 6) is -0.910. The Bertz CT molecular complexity index is 95.0. The average molecular weight is 324 g/mol. The van der Waals surface area contributed by atoms with Crippen LogP contribution in [0.15, 0.2) is 0 Å². The molecule has 0 aromatic carbocycles. The number of carbonyl (C=O) groups is 1. The topological polar surface area (TPSA) is 63.3 Å². The molecule has 0 aliphatic carbocycles. The maximum absolute atomic E-state index is 10.0. The van der Waals surface area contributed by atoms with E-state index in [1.54, 1.807) is 13.8 Å². The summed E-state index contributed by atoms with van der Waals surface area (Å²) in [6.07, 6.45) is 0. The van der Waals surface area contributed by atoms with Gasteiger partial charge in [0.15, 0.2) is 0 Å². The van der Waals surface area contributed by atoms with Gasteiger partial charge in [0.2, 0.25) is 0 Å². The molecular formula is C5H11NO2Pb. The van der Waals surface area contributed by atoms with Gasteiger partial charge in [-0.1, -0.05) is 13.8 Å². The third-order valence-corrected chi connectivity index (χ3v) is 1.00. The van der Waals surface area contributed by atoms with Gasteiger partial charge in [-0.05, 0) is 5.92 Å². The molecule has 3 nitrogen and oxygen atoms in total. The number of aliphatic carboxylic acids is 1. The van der Waals surface area contributed by atoms with E-state index in [0.29, 0.717) is 0 Å². The van der Waals surface area contributed by atoms with Crippen LogP contribution < -0.4 is 5.73 Å². The van der Waals surface area contributed by atoms with Crippen LogP contribution in [0, 0.1) is 5.92 Å². The fraction of sp³-hybridized carbons (Fsp3) is 0.800. The van der Waals surface area contributed by atoms with Crippen LogP contribution in [0.3, 0.4) is 0 Å². The maximum atomic E-state index is 10.0. The molecule has 0 fully saturated rings.